The van der Waals surface area contributed by atoms with Crippen LogP contribution in [0.1, 0.15) is 232 Å². The normalized spacial score (nSPS) is 14.2. The zero-order valence-corrected chi connectivity index (χ0v) is 52.4. The summed E-state index contributed by atoms with van der Waals surface area (Å²) >= 11 is 0. The lowest BCUT2D eigenvalue weighted by molar-refractivity contribution is -0.870. The number of ether oxygens (including phenoxy) is 2. The van der Waals surface area contributed by atoms with E-state index in [0.717, 1.165) is 116 Å². The average Bonchev–Trinajstić information content (AvgIpc) is 3.42. The summed E-state index contributed by atoms with van der Waals surface area (Å²) in [5.41, 5.74) is 0. The molecule has 0 amide bonds. The van der Waals surface area contributed by atoms with Gasteiger partial charge in [0.25, 0.3) is 0 Å². The molecule has 0 heterocycles. The standard InChI is InChI=1S/C70H116NO8P/c1-6-8-10-12-14-16-18-20-22-24-26-28-30-32-33-34-35-36-37-39-40-42-44-46-48-50-52-54-56-58-60-62-69(72)76-66-68(67-78-80(74,75)77-65-64-71(3,4)5)79-70(73)63-61-59-57-55-53-51-49-47-45-43-41-38-31-29-27-25-23-21-19-17-15-13-11-9-7-2/h8-11,14-17,20-23,26-29,32-33,38,41,45,47,51,53,68H,6-7,12-13,18-19,24-25,30-31,34-37,39-40,42-44,46,48-50,52,54-67H2,1-5H3/p+1/b10-8-,11-9-,16-14-,17-15-,22-20-,23-21-,28-26-,29-27-,33-32-,41-38-,47-45-,53-51-. The van der Waals surface area contributed by atoms with Gasteiger partial charge < -0.3 is 18.9 Å². The van der Waals surface area contributed by atoms with Crippen LogP contribution < -0.4 is 0 Å². The molecule has 80 heavy (non-hydrogen) atoms. The summed E-state index contributed by atoms with van der Waals surface area (Å²) in [6.07, 6.45) is 87.9. The number of allylic oxidation sites excluding steroid dienone is 24. The Balaban J connectivity index is 4.19. The number of unbranched alkanes of at least 4 members (excludes halogenated alkanes) is 18. The maximum atomic E-state index is 12.8. The Morgan fingerprint density at radius 3 is 1.01 bits per heavy atom. The van der Waals surface area contributed by atoms with Gasteiger partial charge in [0.1, 0.15) is 19.8 Å². The number of hydrogen-bond donors (Lipinski definition) is 1. The Morgan fingerprint density at radius 1 is 0.388 bits per heavy atom. The lowest BCUT2D eigenvalue weighted by Crippen LogP contribution is -2.37. The molecule has 1 N–H and O–H groups in total. The van der Waals surface area contributed by atoms with E-state index in [1.807, 2.05) is 21.1 Å². The topological polar surface area (TPSA) is 108 Å². The number of esters is 2. The van der Waals surface area contributed by atoms with Crippen LogP contribution in [-0.2, 0) is 32.7 Å². The molecule has 0 radical (unpaired) electrons. The summed E-state index contributed by atoms with van der Waals surface area (Å²) in [4.78, 5) is 35.8. The summed E-state index contributed by atoms with van der Waals surface area (Å²) in [6, 6.07) is 0. The Morgan fingerprint density at radius 2 is 0.675 bits per heavy atom. The monoisotopic (exact) mass is 1130 g/mol. The number of likely N-dealkylation sites (N-methyl/N-ethyl adjacent to an activating group) is 1. The van der Waals surface area contributed by atoms with E-state index in [1.165, 1.54) is 83.5 Å². The maximum Gasteiger partial charge on any atom is 0.472 e. The Labute approximate surface area is 491 Å². The summed E-state index contributed by atoms with van der Waals surface area (Å²) in [7, 11) is 1.44. The van der Waals surface area contributed by atoms with Crippen LogP contribution in [0.25, 0.3) is 0 Å². The lowest BCUT2D eigenvalue weighted by Gasteiger charge is -2.24. The SMILES string of the molecule is CC/C=C\C/C=C\C/C=C\C/C=C\C/C=C\C/C=C\C/C=C\CCCCCC(=O)OC(COC(=O)CCCCCCCCCCCCCCCCC/C=C\C/C=C\C/C=C\C/C=C\C/C=C\CC)COP(=O)(O)OCC[N+](C)(C)C. The van der Waals surface area contributed by atoms with Crippen LogP contribution in [0.15, 0.2) is 146 Å². The van der Waals surface area contributed by atoms with Gasteiger partial charge in [-0.25, -0.2) is 4.57 Å². The number of phosphoric acid groups is 1. The van der Waals surface area contributed by atoms with Crippen LogP contribution in [0.5, 0.6) is 0 Å². The van der Waals surface area contributed by atoms with Crippen molar-refractivity contribution in [3.63, 3.8) is 0 Å². The first-order valence-electron chi connectivity index (χ1n) is 31.6. The molecule has 0 saturated carbocycles. The predicted octanol–water partition coefficient (Wildman–Crippen LogP) is 20.3. The quantitative estimate of drug-likeness (QED) is 0.0211. The second-order valence-corrected chi connectivity index (χ2v) is 23.1. The summed E-state index contributed by atoms with van der Waals surface area (Å²) < 4.78 is 34.6. The van der Waals surface area contributed by atoms with Gasteiger partial charge in [-0.05, 0) is 116 Å². The van der Waals surface area contributed by atoms with Gasteiger partial charge in [0.15, 0.2) is 6.10 Å². The largest absolute Gasteiger partial charge is 0.472 e. The zero-order chi connectivity index (χ0) is 58.4. The molecule has 0 rings (SSSR count). The van der Waals surface area contributed by atoms with Gasteiger partial charge in [0, 0.05) is 12.8 Å². The predicted molar refractivity (Wildman–Crippen MR) is 343 cm³/mol. The first-order chi connectivity index (χ1) is 39.0. The van der Waals surface area contributed by atoms with Gasteiger partial charge in [-0.1, -0.05) is 250 Å². The Kier molecular flexibility index (Phi) is 56.5. The van der Waals surface area contributed by atoms with Crippen molar-refractivity contribution in [3.05, 3.63) is 146 Å². The van der Waals surface area contributed by atoms with Crippen LogP contribution in [0, 0.1) is 0 Å². The molecule has 0 aliphatic heterocycles. The minimum Gasteiger partial charge on any atom is -0.462 e. The van der Waals surface area contributed by atoms with E-state index < -0.39 is 26.5 Å². The number of nitrogens with zero attached hydrogens (tertiary/aromatic N) is 1. The fraction of sp³-hybridized carbons (Fsp3) is 0.629. The summed E-state index contributed by atoms with van der Waals surface area (Å²) in [5.74, 6) is -0.843. The van der Waals surface area contributed by atoms with Gasteiger partial charge in [0.2, 0.25) is 0 Å². The van der Waals surface area contributed by atoms with E-state index in [4.69, 9.17) is 18.5 Å². The van der Waals surface area contributed by atoms with E-state index in [9.17, 15) is 19.0 Å². The first-order valence-corrected chi connectivity index (χ1v) is 33.1. The molecule has 0 aliphatic carbocycles. The minimum absolute atomic E-state index is 0.0173. The molecule has 454 valence electrons. The molecule has 0 aliphatic rings. The molecule has 0 spiro atoms. The van der Waals surface area contributed by atoms with Crippen LogP contribution in [0.2, 0.25) is 0 Å². The van der Waals surface area contributed by atoms with E-state index in [1.54, 1.807) is 0 Å². The molecule has 0 aromatic carbocycles. The molecular weight excluding hydrogens is 1010 g/mol. The van der Waals surface area contributed by atoms with Crippen molar-refractivity contribution in [3.8, 4) is 0 Å². The fourth-order valence-corrected chi connectivity index (χ4v) is 8.82. The average molecular weight is 1130 g/mol. The van der Waals surface area contributed by atoms with Crippen molar-refractivity contribution in [2.24, 2.45) is 0 Å². The minimum atomic E-state index is -4.41. The zero-order valence-electron chi connectivity index (χ0n) is 51.5. The van der Waals surface area contributed by atoms with Crippen molar-refractivity contribution in [1.82, 2.24) is 0 Å². The van der Waals surface area contributed by atoms with Gasteiger partial charge in [0.05, 0.1) is 27.7 Å². The Bertz CT molecular complexity index is 1860. The van der Waals surface area contributed by atoms with Crippen molar-refractivity contribution >= 4 is 19.8 Å². The van der Waals surface area contributed by atoms with Crippen LogP contribution in [0.3, 0.4) is 0 Å². The second-order valence-electron chi connectivity index (χ2n) is 21.7. The number of quaternary nitrogens is 1. The molecular formula is C70H117NO8P+. The van der Waals surface area contributed by atoms with E-state index in [2.05, 4.69) is 160 Å². The first kappa shape index (κ1) is 75.9. The van der Waals surface area contributed by atoms with E-state index >= 15 is 0 Å². The number of phosphoric ester groups is 1. The highest BCUT2D eigenvalue weighted by Crippen LogP contribution is 2.43. The second kappa shape index (κ2) is 59.5. The highest BCUT2D eigenvalue weighted by Gasteiger charge is 2.27. The number of carbonyl (C=O) groups is 2. The molecule has 0 bridgehead atoms. The molecule has 2 unspecified atom stereocenters. The smallest absolute Gasteiger partial charge is 0.462 e. The highest BCUT2D eigenvalue weighted by atomic mass is 31.2. The van der Waals surface area contributed by atoms with Crippen molar-refractivity contribution in [2.45, 2.75) is 238 Å². The van der Waals surface area contributed by atoms with Gasteiger partial charge >= 0.3 is 19.8 Å². The molecule has 10 heteroatoms. The molecule has 0 saturated heterocycles. The number of carbonyl (C=O) groups excluding carboxylic acids is 2. The molecule has 2 atom stereocenters. The van der Waals surface area contributed by atoms with Crippen molar-refractivity contribution < 1.29 is 42.1 Å². The molecule has 0 aromatic rings. The number of hydrogen-bond acceptors (Lipinski definition) is 7. The molecule has 0 aromatic heterocycles. The van der Waals surface area contributed by atoms with Crippen LogP contribution in [-0.4, -0.2) is 74.9 Å². The number of rotatable bonds is 56. The fourth-order valence-electron chi connectivity index (χ4n) is 8.08. The van der Waals surface area contributed by atoms with Gasteiger partial charge in [-0.3, -0.25) is 18.6 Å². The molecule has 0 fully saturated rings. The van der Waals surface area contributed by atoms with E-state index in [-0.39, 0.29) is 32.0 Å². The third-order valence-electron chi connectivity index (χ3n) is 12.9. The maximum absolute atomic E-state index is 12.8. The van der Waals surface area contributed by atoms with Crippen LogP contribution >= 0.6 is 7.82 Å². The third kappa shape index (κ3) is 63.1. The Hall–Kier alpha value is -4.11. The third-order valence-corrected chi connectivity index (χ3v) is 13.8. The summed E-state index contributed by atoms with van der Waals surface area (Å²) in [5, 5.41) is 0. The lowest BCUT2D eigenvalue weighted by atomic mass is 10.0. The van der Waals surface area contributed by atoms with Crippen molar-refractivity contribution in [2.75, 3.05) is 47.5 Å². The molecule has 9 nitrogen and oxygen atoms in total. The highest BCUT2D eigenvalue weighted by molar-refractivity contribution is 7.47. The van der Waals surface area contributed by atoms with Gasteiger partial charge in [-0.15, -0.1) is 0 Å². The van der Waals surface area contributed by atoms with Crippen LogP contribution in [0.4, 0.5) is 0 Å². The van der Waals surface area contributed by atoms with Gasteiger partial charge in [-0.2, -0.15) is 0 Å². The van der Waals surface area contributed by atoms with Crippen molar-refractivity contribution in [1.29, 1.82) is 0 Å². The van der Waals surface area contributed by atoms with E-state index in [0.29, 0.717) is 17.4 Å². The summed E-state index contributed by atoms with van der Waals surface area (Å²) in [6.45, 7) is 4.16.